The molecule has 0 aliphatic heterocycles. The average molecular weight is 312 g/mol. The first-order valence-corrected chi connectivity index (χ1v) is 8.24. The van der Waals surface area contributed by atoms with Crippen LogP contribution in [0.1, 0.15) is 36.9 Å². The smallest absolute Gasteiger partial charge is 0.163 e. The van der Waals surface area contributed by atoms with Gasteiger partial charge >= 0.3 is 0 Å². The number of aromatic nitrogens is 3. The highest BCUT2D eigenvalue weighted by molar-refractivity contribution is 5.58. The van der Waals surface area contributed by atoms with Gasteiger partial charge in [-0.2, -0.15) is 0 Å². The Morgan fingerprint density at radius 1 is 1.26 bits per heavy atom. The van der Waals surface area contributed by atoms with Gasteiger partial charge in [-0.25, -0.2) is 9.97 Å². The number of hydrogen-bond acceptors (Lipinski definition) is 5. The molecule has 0 aromatic carbocycles. The van der Waals surface area contributed by atoms with Crippen molar-refractivity contribution in [2.24, 2.45) is 5.41 Å². The highest BCUT2D eigenvalue weighted by Crippen LogP contribution is 2.43. The number of aliphatic hydroxyl groups is 1. The van der Waals surface area contributed by atoms with Crippen molar-refractivity contribution < 1.29 is 5.11 Å². The highest BCUT2D eigenvalue weighted by Gasteiger charge is 2.36. The predicted octanol–water partition coefficient (Wildman–Crippen LogP) is 3.12. The molecule has 1 saturated carbocycles. The molecule has 0 atom stereocenters. The molecule has 1 fully saturated rings. The van der Waals surface area contributed by atoms with E-state index in [0.717, 1.165) is 35.6 Å². The molecule has 5 nitrogen and oxygen atoms in total. The Balaban J connectivity index is 1.83. The molecular formula is C18H24N4O. The summed E-state index contributed by atoms with van der Waals surface area (Å²) in [5.74, 6) is 1.59. The molecule has 0 bridgehead atoms. The van der Waals surface area contributed by atoms with Gasteiger partial charge < -0.3 is 10.4 Å². The van der Waals surface area contributed by atoms with Crippen molar-refractivity contribution >= 4 is 5.82 Å². The van der Waals surface area contributed by atoms with Crippen molar-refractivity contribution in [2.45, 2.75) is 39.5 Å². The van der Waals surface area contributed by atoms with Crippen LogP contribution >= 0.6 is 0 Å². The second-order valence-corrected chi connectivity index (χ2v) is 6.53. The number of nitrogens with one attached hydrogen (secondary N) is 1. The van der Waals surface area contributed by atoms with E-state index in [1.165, 1.54) is 19.3 Å². The summed E-state index contributed by atoms with van der Waals surface area (Å²) in [7, 11) is 0. The van der Waals surface area contributed by atoms with Crippen molar-refractivity contribution in [3.8, 4) is 11.4 Å². The Morgan fingerprint density at radius 2 is 2.09 bits per heavy atom. The second-order valence-electron chi connectivity index (χ2n) is 6.53. The van der Waals surface area contributed by atoms with Gasteiger partial charge in [0.2, 0.25) is 0 Å². The van der Waals surface area contributed by atoms with E-state index in [2.05, 4.69) is 15.3 Å². The average Bonchev–Trinajstić information content (AvgIpc) is 2.54. The van der Waals surface area contributed by atoms with Gasteiger partial charge in [-0.3, -0.25) is 4.98 Å². The van der Waals surface area contributed by atoms with Crippen molar-refractivity contribution in [3.05, 3.63) is 35.8 Å². The summed E-state index contributed by atoms with van der Waals surface area (Å²) in [5, 5.41) is 12.8. The van der Waals surface area contributed by atoms with Crippen LogP contribution in [0.5, 0.6) is 0 Å². The molecule has 1 aliphatic carbocycles. The number of rotatable bonds is 6. The van der Waals surface area contributed by atoms with Gasteiger partial charge in [0.15, 0.2) is 5.82 Å². The van der Waals surface area contributed by atoms with E-state index in [1.807, 2.05) is 26.0 Å². The summed E-state index contributed by atoms with van der Waals surface area (Å²) in [6.45, 7) is 5.17. The standard InChI is InChI=1S/C18H24N4O/c1-13-14(2)21-17(15-5-3-9-19-11-15)22-16(13)20-12-18(8-10-23)6-4-7-18/h3,5,9,11,23H,4,6-8,10,12H2,1-2H3,(H,20,21,22). The normalized spacial score (nSPS) is 16.0. The van der Waals surface area contributed by atoms with Crippen molar-refractivity contribution in [1.82, 2.24) is 15.0 Å². The Hall–Kier alpha value is -2.01. The van der Waals surface area contributed by atoms with Crippen molar-refractivity contribution in [1.29, 1.82) is 0 Å². The molecule has 1 aliphatic rings. The van der Waals surface area contributed by atoms with Crippen LogP contribution < -0.4 is 5.32 Å². The Labute approximate surface area is 137 Å². The molecule has 2 N–H and O–H groups in total. The first-order valence-electron chi connectivity index (χ1n) is 8.24. The van der Waals surface area contributed by atoms with Crippen LogP contribution in [0.3, 0.4) is 0 Å². The fourth-order valence-electron chi connectivity index (χ4n) is 3.13. The summed E-state index contributed by atoms with van der Waals surface area (Å²) in [5.41, 5.74) is 3.21. The van der Waals surface area contributed by atoms with E-state index in [9.17, 15) is 5.11 Å². The molecule has 0 spiro atoms. The Morgan fingerprint density at radius 3 is 2.70 bits per heavy atom. The molecule has 0 radical (unpaired) electrons. The second kappa shape index (κ2) is 6.62. The number of nitrogens with zero attached hydrogens (tertiary/aromatic N) is 3. The van der Waals surface area contributed by atoms with Gasteiger partial charge in [0, 0.05) is 42.4 Å². The monoisotopic (exact) mass is 312 g/mol. The maximum atomic E-state index is 9.30. The predicted molar refractivity (Wildman–Crippen MR) is 91.2 cm³/mol. The first kappa shape index (κ1) is 15.9. The van der Waals surface area contributed by atoms with E-state index in [0.29, 0.717) is 5.82 Å². The molecule has 2 heterocycles. The molecular weight excluding hydrogens is 288 g/mol. The molecule has 122 valence electrons. The molecule has 0 amide bonds. The Bertz CT molecular complexity index is 668. The third-order valence-electron chi connectivity index (χ3n) is 5.00. The van der Waals surface area contributed by atoms with Crippen molar-refractivity contribution in [3.63, 3.8) is 0 Å². The lowest BCUT2D eigenvalue weighted by Gasteiger charge is -2.42. The minimum Gasteiger partial charge on any atom is -0.396 e. The molecule has 5 heteroatoms. The largest absolute Gasteiger partial charge is 0.396 e. The lowest BCUT2D eigenvalue weighted by Crippen LogP contribution is -2.37. The summed E-state index contributed by atoms with van der Waals surface area (Å²) >= 11 is 0. The van der Waals surface area contributed by atoms with E-state index < -0.39 is 0 Å². The topological polar surface area (TPSA) is 70.9 Å². The van der Waals surface area contributed by atoms with Crippen LogP contribution in [0.2, 0.25) is 0 Å². The number of anilines is 1. The zero-order chi connectivity index (χ0) is 16.3. The fraction of sp³-hybridized carbons (Fsp3) is 0.500. The van der Waals surface area contributed by atoms with Gasteiger partial charge in [-0.1, -0.05) is 6.42 Å². The Kier molecular flexibility index (Phi) is 4.57. The third kappa shape index (κ3) is 3.34. The maximum absolute atomic E-state index is 9.30. The van der Waals surface area contributed by atoms with E-state index in [1.54, 1.807) is 12.4 Å². The number of pyridine rings is 1. The van der Waals surface area contributed by atoms with Gasteiger partial charge in [-0.15, -0.1) is 0 Å². The number of aliphatic hydroxyl groups excluding tert-OH is 1. The zero-order valence-electron chi connectivity index (χ0n) is 13.8. The summed E-state index contributed by atoms with van der Waals surface area (Å²) in [4.78, 5) is 13.4. The fourth-order valence-corrected chi connectivity index (χ4v) is 3.13. The minimum absolute atomic E-state index is 0.231. The number of aryl methyl sites for hydroxylation is 1. The third-order valence-corrected chi connectivity index (χ3v) is 5.00. The molecule has 3 rings (SSSR count). The maximum Gasteiger partial charge on any atom is 0.163 e. The van der Waals surface area contributed by atoms with Crippen LogP contribution in [0, 0.1) is 19.3 Å². The quantitative estimate of drug-likeness (QED) is 0.857. The van der Waals surface area contributed by atoms with Gasteiger partial charge in [0.05, 0.1) is 0 Å². The van der Waals surface area contributed by atoms with E-state index in [-0.39, 0.29) is 12.0 Å². The molecule has 2 aromatic rings. The first-order chi connectivity index (χ1) is 11.1. The molecule has 0 unspecified atom stereocenters. The van der Waals surface area contributed by atoms with Gasteiger partial charge in [0.25, 0.3) is 0 Å². The van der Waals surface area contributed by atoms with Crippen LogP contribution in [0.4, 0.5) is 5.82 Å². The van der Waals surface area contributed by atoms with Gasteiger partial charge in [-0.05, 0) is 50.7 Å². The summed E-state index contributed by atoms with van der Waals surface area (Å²) in [6, 6.07) is 3.87. The molecule has 23 heavy (non-hydrogen) atoms. The SMILES string of the molecule is Cc1nc(-c2cccnc2)nc(NCC2(CCO)CCC2)c1C. The minimum atomic E-state index is 0.231. The molecule has 2 aromatic heterocycles. The highest BCUT2D eigenvalue weighted by atomic mass is 16.3. The lowest BCUT2D eigenvalue weighted by atomic mass is 9.67. The summed E-state index contributed by atoms with van der Waals surface area (Å²) < 4.78 is 0. The van der Waals surface area contributed by atoms with Crippen LogP contribution in [-0.4, -0.2) is 33.2 Å². The zero-order valence-corrected chi connectivity index (χ0v) is 13.8. The van der Waals surface area contributed by atoms with Crippen LogP contribution in [0.15, 0.2) is 24.5 Å². The summed E-state index contributed by atoms with van der Waals surface area (Å²) in [6.07, 6.45) is 8.01. The van der Waals surface area contributed by atoms with E-state index >= 15 is 0 Å². The van der Waals surface area contributed by atoms with E-state index in [4.69, 9.17) is 4.98 Å². The van der Waals surface area contributed by atoms with Crippen LogP contribution in [0.25, 0.3) is 11.4 Å². The number of hydrogen-bond donors (Lipinski definition) is 2. The molecule has 0 saturated heterocycles. The van der Waals surface area contributed by atoms with Gasteiger partial charge in [0.1, 0.15) is 5.82 Å². The lowest BCUT2D eigenvalue weighted by molar-refractivity contribution is 0.101. The van der Waals surface area contributed by atoms with Crippen molar-refractivity contribution in [2.75, 3.05) is 18.5 Å². The van der Waals surface area contributed by atoms with Crippen LogP contribution in [-0.2, 0) is 0 Å².